The number of Topliss-reactive ketones (excluding diaryl/α,β-unsaturated/α-hetero) is 1. The third kappa shape index (κ3) is 5.38. The van der Waals surface area contributed by atoms with Crippen LogP contribution in [0.1, 0.15) is 17.4 Å². The second-order valence-corrected chi connectivity index (χ2v) is 9.93. The third-order valence-electron chi connectivity index (χ3n) is 4.97. The molecule has 0 saturated carbocycles. The maximum atomic E-state index is 11.3. The van der Waals surface area contributed by atoms with Crippen LogP contribution in [0.2, 0.25) is 0 Å². The van der Waals surface area contributed by atoms with E-state index in [-0.39, 0.29) is 5.78 Å². The molecule has 1 aliphatic heterocycles. The van der Waals surface area contributed by atoms with Gasteiger partial charge in [0.25, 0.3) is 0 Å². The van der Waals surface area contributed by atoms with E-state index in [2.05, 4.69) is 21.8 Å². The van der Waals surface area contributed by atoms with Crippen LogP contribution < -0.4 is 9.70 Å². The van der Waals surface area contributed by atoms with Gasteiger partial charge in [0.05, 0.1) is 0 Å². The summed E-state index contributed by atoms with van der Waals surface area (Å²) in [7, 11) is 2.11. The van der Waals surface area contributed by atoms with Crippen molar-refractivity contribution < 1.29 is 4.79 Å². The Morgan fingerprint density at radius 3 is 2.39 bits per heavy atom. The molecule has 1 aliphatic rings. The Balaban J connectivity index is 1.66. The first-order valence-corrected chi connectivity index (χ1v) is 11.7. The highest BCUT2D eigenvalue weighted by atomic mass is 32.2. The molecule has 0 unspecified atom stereocenters. The minimum Gasteiger partial charge on any atom is -0.338 e. The molecular weight excluding hydrogens is 430 g/mol. The van der Waals surface area contributed by atoms with Crippen LogP contribution in [0.4, 0.5) is 5.95 Å². The zero-order valence-electron chi connectivity index (χ0n) is 17.8. The summed E-state index contributed by atoms with van der Waals surface area (Å²) < 4.78 is 1.71. The van der Waals surface area contributed by atoms with Crippen LogP contribution >= 0.6 is 23.1 Å². The van der Waals surface area contributed by atoms with Gasteiger partial charge < -0.3 is 9.80 Å². The standard InChI is InChI=1S/C21H25N7OS2/c1-14(29)12-16-4-6-17(7-5-16)31-21-24-19(27-10-8-26(3)9-11-27)23-20(25-21)28-13-15(2)30-18(28)22/h4-7,13,22H,8-12H2,1-3H3. The number of carbonyl (C=O) groups excluding carboxylic acids is 1. The van der Waals surface area contributed by atoms with Crippen LogP contribution in [-0.2, 0) is 11.2 Å². The largest absolute Gasteiger partial charge is 0.338 e. The van der Waals surface area contributed by atoms with Crippen LogP contribution in [0.15, 0.2) is 40.5 Å². The van der Waals surface area contributed by atoms with E-state index in [0.717, 1.165) is 41.5 Å². The van der Waals surface area contributed by atoms with E-state index in [1.165, 1.54) is 23.1 Å². The number of carbonyl (C=O) groups is 1. The van der Waals surface area contributed by atoms with Crippen molar-refractivity contribution in [2.45, 2.75) is 30.3 Å². The predicted molar refractivity (Wildman–Crippen MR) is 122 cm³/mol. The first-order chi connectivity index (χ1) is 14.9. The van der Waals surface area contributed by atoms with Gasteiger partial charge in [-0.25, -0.2) is 0 Å². The van der Waals surface area contributed by atoms with Gasteiger partial charge in [0, 0.05) is 48.6 Å². The molecule has 1 fully saturated rings. The van der Waals surface area contributed by atoms with Gasteiger partial charge in [-0.1, -0.05) is 12.1 Å². The Kier molecular flexibility index (Phi) is 6.49. The van der Waals surface area contributed by atoms with E-state index in [4.69, 9.17) is 15.4 Å². The summed E-state index contributed by atoms with van der Waals surface area (Å²) in [4.78, 5) is 32.3. The minimum atomic E-state index is 0.147. The fraction of sp³-hybridized carbons (Fsp3) is 0.381. The molecule has 0 aliphatic carbocycles. The zero-order valence-corrected chi connectivity index (χ0v) is 19.5. The quantitative estimate of drug-likeness (QED) is 0.611. The van der Waals surface area contributed by atoms with Crippen LogP contribution in [0, 0.1) is 12.3 Å². The summed E-state index contributed by atoms with van der Waals surface area (Å²) >= 11 is 2.86. The average molecular weight is 456 g/mol. The molecule has 8 nitrogen and oxygen atoms in total. The highest BCUT2D eigenvalue weighted by Crippen LogP contribution is 2.27. The molecule has 0 bridgehead atoms. The summed E-state index contributed by atoms with van der Waals surface area (Å²) in [6.07, 6.45) is 2.33. The third-order valence-corrected chi connectivity index (χ3v) is 6.66. The summed E-state index contributed by atoms with van der Waals surface area (Å²) in [5.74, 6) is 1.26. The minimum absolute atomic E-state index is 0.147. The normalized spacial score (nSPS) is 14.7. The Hall–Kier alpha value is -2.56. The highest BCUT2D eigenvalue weighted by Gasteiger charge is 2.20. The van der Waals surface area contributed by atoms with Gasteiger partial charge in [-0.05, 0) is 50.4 Å². The number of thiazole rings is 1. The van der Waals surface area contributed by atoms with E-state index < -0.39 is 0 Å². The Morgan fingerprint density at radius 1 is 1.10 bits per heavy atom. The second-order valence-electron chi connectivity index (χ2n) is 7.65. The fourth-order valence-corrected chi connectivity index (χ4v) is 4.76. The molecule has 2 aromatic heterocycles. The number of anilines is 1. The summed E-state index contributed by atoms with van der Waals surface area (Å²) in [5.41, 5.74) is 0.995. The molecule has 31 heavy (non-hydrogen) atoms. The van der Waals surface area contributed by atoms with E-state index in [9.17, 15) is 4.79 Å². The van der Waals surface area contributed by atoms with Crippen LogP contribution in [0.25, 0.3) is 5.95 Å². The number of nitrogens with zero attached hydrogens (tertiary/aromatic N) is 6. The molecule has 4 rings (SSSR count). The summed E-state index contributed by atoms with van der Waals surface area (Å²) in [5, 5.41) is 8.86. The van der Waals surface area contributed by atoms with Gasteiger partial charge in [-0.3, -0.25) is 14.8 Å². The second kappa shape index (κ2) is 9.29. The lowest BCUT2D eigenvalue weighted by atomic mass is 10.1. The lowest BCUT2D eigenvalue weighted by molar-refractivity contribution is -0.116. The maximum Gasteiger partial charge on any atom is 0.241 e. The van der Waals surface area contributed by atoms with Gasteiger partial charge >= 0.3 is 0 Å². The first kappa shape index (κ1) is 21.7. The van der Waals surface area contributed by atoms with Crippen molar-refractivity contribution in [3.63, 3.8) is 0 Å². The highest BCUT2D eigenvalue weighted by molar-refractivity contribution is 7.99. The van der Waals surface area contributed by atoms with E-state index in [0.29, 0.717) is 28.3 Å². The van der Waals surface area contributed by atoms with Crippen molar-refractivity contribution in [1.29, 1.82) is 5.41 Å². The molecule has 3 aromatic rings. The number of ketones is 1. The SMILES string of the molecule is CC(=O)Cc1ccc(Sc2nc(N3CCN(C)CC3)nc(-n3cc(C)sc3=N)n2)cc1. The van der Waals surface area contributed by atoms with E-state index in [1.807, 2.05) is 37.4 Å². The number of benzene rings is 1. The number of aromatic nitrogens is 4. The molecule has 0 amide bonds. The molecule has 1 N–H and O–H groups in total. The number of rotatable bonds is 6. The van der Waals surface area contributed by atoms with Crippen LogP contribution in [0.5, 0.6) is 0 Å². The molecule has 1 saturated heterocycles. The Labute approximate surface area is 189 Å². The molecule has 162 valence electrons. The molecule has 10 heteroatoms. The van der Waals surface area contributed by atoms with Crippen LogP contribution in [0.3, 0.4) is 0 Å². The topological polar surface area (TPSA) is 91.0 Å². The number of hydrogen-bond acceptors (Lipinski definition) is 9. The Bertz CT molecular complexity index is 1130. The number of hydrogen-bond donors (Lipinski definition) is 1. The van der Waals surface area contributed by atoms with Crippen molar-refractivity contribution in [3.05, 3.63) is 45.7 Å². The zero-order chi connectivity index (χ0) is 22.0. The predicted octanol–water partition coefficient (Wildman–Crippen LogP) is 2.55. The average Bonchev–Trinajstić information content (AvgIpc) is 3.07. The molecular formula is C21H25N7OS2. The van der Waals surface area contributed by atoms with Gasteiger partial charge in [0.2, 0.25) is 11.9 Å². The smallest absolute Gasteiger partial charge is 0.241 e. The fourth-order valence-electron chi connectivity index (χ4n) is 3.32. The Morgan fingerprint density at radius 2 is 1.77 bits per heavy atom. The molecule has 3 heterocycles. The molecule has 0 radical (unpaired) electrons. The maximum absolute atomic E-state index is 11.3. The van der Waals surface area contributed by atoms with E-state index >= 15 is 0 Å². The van der Waals surface area contributed by atoms with Gasteiger partial charge in [0.1, 0.15) is 5.78 Å². The van der Waals surface area contributed by atoms with Gasteiger partial charge in [-0.15, -0.1) is 11.3 Å². The molecule has 0 spiro atoms. The number of nitrogens with one attached hydrogen (secondary N) is 1. The molecule has 1 aromatic carbocycles. The van der Waals surface area contributed by atoms with Crippen molar-refractivity contribution in [1.82, 2.24) is 24.4 Å². The van der Waals surface area contributed by atoms with Crippen molar-refractivity contribution in [2.75, 3.05) is 38.1 Å². The van der Waals surface area contributed by atoms with Gasteiger partial charge in [-0.2, -0.15) is 15.0 Å². The van der Waals surface area contributed by atoms with Gasteiger partial charge in [0.15, 0.2) is 9.96 Å². The number of likely N-dealkylation sites (N-methyl/N-ethyl adjacent to an activating group) is 1. The lowest BCUT2D eigenvalue weighted by Gasteiger charge is -2.32. The first-order valence-electron chi connectivity index (χ1n) is 10.1. The van der Waals surface area contributed by atoms with Crippen molar-refractivity contribution in [3.8, 4) is 5.95 Å². The molecule has 0 atom stereocenters. The lowest BCUT2D eigenvalue weighted by Crippen LogP contribution is -2.45. The number of piperazine rings is 1. The van der Waals surface area contributed by atoms with Crippen molar-refractivity contribution in [2.24, 2.45) is 0 Å². The van der Waals surface area contributed by atoms with Crippen LogP contribution in [-0.4, -0.2) is 63.4 Å². The summed E-state index contributed by atoms with van der Waals surface area (Å²) in [6.45, 7) is 7.18. The van der Waals surface area contributed by atoms with E-state index in [1.54, 1.807) is 11.5 Å². The summed E-state index contributed by atoms with van der Waals surface area (Å²) in [6, 6.07) is 7.90. The van der Waals surface area contributed by atoms with Crippen molar-refractivity contribution >= 4 is 34.8 Å². The monoisotopic (exact) mass is 455 g/mol. The number of aryl methyl sites for hydroxylation is 1.